The van der Waals surface area contributed by atoms with Gasteiger partial charge in [-0.3, -0.25) is 4.79 Å². The monoisotopic (exact) mass is 338 g/mol. The predicted molar refractivity (Wildman–Crippen MR) is 97.6 cm³/mol. The first-order valence-electron chi connectivity index (χ1n) is 9.06. The van der Waals surface area contributed by atoms with E-state index in [4.69, 9.17) is 5.73 Å². The molecule has 1 aromatic carbocycles. The Morgan fingerprint density at radius 1 is 1.16 bits per heavy atom. The lowest BCUT2D eigenvalue weighted by molar-refractivity contribution is -0.127. The van der Waals surface area contributed by atoms with Crippen molar-refractivity contribution in [1.82, 2.24) is 15.3 Å². The number of amides is 1. The van der Waals surface area contributed by atoms with E-state index < -0.39 is 0 Å². The summed E-state index contributed by atoms with van der Waals surface area (Å²) in [7, 11) is 0. The molecule has 1 unspecified atom stereocenters. The Bertz CT molecular complexity index is 654. The van der Waals surface area contributed by atoms with Crippen LogP contribution in [0.25, 0.3) is 0 Å². The molecule has 1 aliphatic carbocycles. The molecule has 0 aliphatic heterocycles. The number of carbonyl (C=O) groups excluding carboxylic acids is 1. The molecule has 0 radical (unpaired) electrons. The Morgan fingerprint density at radius 3 is 2.56 bits per heavy atom. The highest BCUT2D eigenvalue weighted by atomic mass is 16.1. The summed E-state index contributed by atoms with van der Waals surface area (Å²) in [5, 5.41) is 3.22. The van der Waals surface area contributed by atoms with E-state index in [1.54, 1.807) is 6.20 Å². The second-order valence-corrected chi connectivity index (χ2v) is 6.84. The van der Waals surface area contributed by atoms with Gasteiger partial charge in [0.2, 0.25) is 5.91 Å². The van der Waals surface area contributed by atoms with Crippen LogP contribution in [0.5, 0.6) is 0 Å². The Kier molecular flexibility index (Phi) is 6.12. The second-order valence-electron chi connectivity index (χ2n) is 6.84. The number of nitrogens with zero attached hydrogens (tertiary/aromatic N) is 2. The highest BCUT2D eigenvalue weighted by Gasteiger charge is 2.27. The molecule has 1 aliphatic rings. The molecule has 0 spiro atoms. The zero-order chi connectivity index (χ0) is 17.5. The molecule has 1 amide bonds. The summed E-state index contributed by atoms with van der Waals surface area (Å²) in [5.74, 6) is 0.795. The molecule has 132 valence electrons. The fourth-order valence-corrected chi connectivity index (χ4v) is 3.54. The van der Waals surface area contributed by atoms with Crippen molar-refractivity contribution in [2.45, 2.75) is 38.1 Å². The number of hydrogen-bond donors (Lipinski definition) is 2. The molecule has 0 bridgehead atoms. The molecule has 5 heteroatoms. The highest BCUT2D eigenvalue weighted by Crippen LogP contribution is 2.29. The molecule has 0 saturated heterocycles. The van der Waals surface area contributed by atoms with E-state index in [1.165, 1.54) is 11.9 Å². The normalized spacial score (nSPS) is 21.5. The minimum Gasteiger partial charge on any atom is -0.347 e. The van der Waals surface area contributed by atoms with Gasteiger partial charge in [0.25, 0.3) is 0 Å². The summed E-state index contributed by atoms with van der Waals surface area (Å²) in [5.41, 5.74) is 7.78. The third-order valence-electron chi connectivity index (χ3n) is 5.11. The van der Waals surface area contributed by atoms with Crippen LogP contribution in [-0.4, -0.2) is 22.4 Å². The Hall–Kier alpha value is -2.27. The Morgan fingerprint density at radius 2 is 1.92 bits per heavy atom. The average molecular weight is 338 g/mol. The standard InChI is InChI=1S/C20H26N4O/c21-13-16-6-8-17(9-7-16)20(25)24-19(18-10-11-22-14-23-18)12-15-4-2-1-3-5-15/h1-5,10-11,14,16-17,19H,6-9,12-13,21H2,(H,24,25). The van der Waals surface area contributed by atoms with E-state index >= 15 is 0 Å². The van der Waals surface area contributed by atoms with Crippen molar-refractivity contribution in [2.75, 3.05) is 6.54 Å². The van der Waals surface area contributed by atoms with Gasteiger partial charge in [0.1, 0.15) is 6.33 Å². The lowest BCUT2D eigenvalue weighted by Gasteiger charge is -2.28. The van der Waals surface area contributed by atoms with Gasteiger partial charge in [-0.15, -0.1) is 0 Å². The van der Waals surface area contributed by atoms with Crippen molar-refractivity contribution in [3.05, 3.63) is 60.2 Å². The quantitative estimate of drug-likeness (QED) is 0.848. The Balaban J connectivity index is 1.68. The maximum Gasteiger partial charge on any atom is 0.223 e. The maximum atomic E-state index is 12.8. The van der Waals surface area contributed by atoms with Crippen LogP contribution in [0.1, 0.15) is 43.0 Å². The highest BCUT2D eigenvalue weighted by molar-refractivity contribution is 5.79. The molecule has 3 N–H and O–H groups in total. The van der Waals surface area contributed by atoms with Gasteiger partial charge in [-0.05, 0) is 56.2 Å². The topological polar surface area (TPSA) is 80.9 Å². The van der Waals surface area contributed by atoms with Gasteiger partial charge in [0, 0.05) is 12.1 Å². The van der Waals surface area contributed by atoms with Gasteiger partial charge < -0.3 is 11.1 Å². The molecular formula is C20H26N4O. The number of hydrogen-bond acceptors (Lipinski definition) is 4. The molecule has 1 atom stereocenters. The van der Waals surface area contributed by atoms with Gasteiger partial charge in [-0.2, -0.15) is 0 Å². The minimum atomic E-state index is -0.134. The van der Waals surface area contributed by atoms with Crippen LogP contribution in [0, 0.1) is 11.8 Å². The van der Waals surface area contributed by atoms with Crippen LogP contribution < -0.4 is 11.1 Å². The van der Waals surface area contributed by atoms with Crippen LogP contribution in [0.3, 0.4) is 0 Å². The number of nitrogens with one attached hydrogen (secondary N) is 1. The second kappa shape index (κ2) is 8.72. The van der Waals surface area contributed by atoms with E-state index in [1.807, 2.05) is 24.3 Å². The number of aromatic nitrogens is 2. The van der Waals surface area contributed by atoms with Gasteiger partial charge in [-0.25, -0.2) is 9.97 Å². The van der Waals surface area contributed by atoms with E-state index in [2.05, 4.69) is 27.4 Å². The minimum absolute atomic E-state index is 0.0860. The fourth-order valence-electron chi connectivity index (χ4n) is 3.54. The summed E-state index contributed by atoms with van der Waals surface area (Å²) in [4.78, 5) is 21.1. The molecular weight excluding hydrogens is 312 g/mol. The third kappa shape index (κ3) is 4.86. The van der Waals surface area contributed by atoms with Crippen LogP contribution in [-0.2, 0) is 11.2 Å². The van der Waals surface area contributed by atoms with Crippen LogP contribution >= 0.6 is 0 Å². The molecule has 1 heterocycles. The first-order chi connectivity index (χ1) is 12.3. The first kappa shape index (κ1) is 17.5. The largest absolute Gasteiger partial charge is 0.347 e. The number of carbonyl (C=O) groups is 1. The lowest BCUT2D eigenvalue weighted by Crippen LogP contribution is -2.37. The average Bonchev–Trinajstić information content (AvgIpc) is 2.69. The SMILES string of the molecule is NCC1CCC(C(=O)NC(Cc2ccccc2)c2ccncn2)CC1. The maximum absolute atomic E-state index is 12.8. The van der Waals surface area contributed by atoms with Gasteiger partial charge in [-0.1, -0.05) is 30.3 Å². The van der Waals surface area contributed by atoms with Crippen molar-refractivity contribution in [3.63, 3.8) is 0 Å². The molecule has 1 aromatic heterocycles. The molecule has 1 saturated carbocycles. The van der Waals surface area contributed by atoms with Crippen molar-refractivity contribution in [3.8, 4) is 0 Å². The first-order valence-corrected chi connectivity index (χ1v) is 9.06. The van der Waals surface area contributed by atoms with Crippen LogP contribution in [0.2, 0.25) is 0 Å². The smallest absolute Gasteiger partial charge is 0.223 e. The number of rotatable bonds is 6. The predicted octanol–water partition coefficient (Wildman–Crippen LogP) is 2.64. The van der Waals surface area contributed by atoms with E-state index in [-0.39, 0.29) is 17.9 Å². The molecule has 5 nitrogen and oxygen atoms in total. The van der Waals surface area contributed by atoms with Crippen molar-refractivity contribution in [1.29, 1.82) is 0 Å². The zero-order valence-corrected chi connectivity index (χ0v) is 14.5. The summed E-state index contributed by atoms with van der Waals surface area (Å²) in [6.07, 6.45) is 7.93. The molecule has 2 aromatic rings. The van der Waals surface area contributed by atoms with Crippen LogP contribution in [0.4, 0.5) is 0 Å². The van der Waals surface area contributed by atoms with Gasteiger partial charge in [0.15, 0.2) is 0 Å². The van der Waals surface area contributed by atoms with Crippen molar-refractivity contribution >= 4 is 5.91 Å². The van der Waals surface area contributed by atoms with E-state index in [0.717, 1.165) is 44.3 Å². The van der Waals surface area contributed by atoms with Gasteiger partial charge >= 0.3 is 0 Å². The molecule has 1 fully saturated rings. The van der Waals surface area contributed by atoms with Crippen molar-refractivity contribution < 1.29 is 4.79 Å². The summed E-state index contributed by atoms with van der Waals surface area (Å²) >= 11 is 0. The number of benzene rings is 1. The molecule has 3 rings (SSSR count). The van der Waals surface area contributed by atoms with Crippen LogP contribution in [0.15, 0.2) is 48.9 Å². The third-order valence-corrected chi connectivity index (χ3v) is 5.11. The Labute approximate surface area is 149 Å². The van der Waals surface area contributed by atoms with E-state index in [9.17, 15) is 4.79 Å². The summed E-state index contributed by atoms with van der Waals surface area (Å²) < 4.78 is 0. The number of nitrogens with two attached hydrogens (primary N) is 1. The lowest BCUT2D eigenvalue weighted by atomic mass is 9.81. The van der Waals surface area contributed by atoms with Gasteiger partial charge in [0.05, 0.1) is 11.7 Å². The van der Waals surface area contributed by atoms with E-state index in [0.29, 0.717) is 5.92 Å². The zero-order valence-electron chi connectivity index (χ0n) is 14.5. The molecule has 25 heavy (non-hydrogen) atoms. The fraction of sp³-hybridized carbons (Fsp3) is 0.450. The summed E-state index contributed by atoms with van der Waals surface area (Å²) in [6.45, 7) is 0.728. The summed E-state index contributed by atoms with van der Waals surface area (Å²) in [6, 6.07) is 11.9. The van der Waals surface area contributed by atoms with Crippen molar-refractivity contribution in [2.24, 2.45) is 17.6 Å².